The normalized spacial score (nSPS) is 11.1. The number of carbonyl (C=O) groups excluding carboxylic acids is 1. The van der Waals surface area contributed by atoms with Crippen LogP contribution in [-0.4, -0.2) is 25.9 Å². The molecule has 7 heteroatoms. The Labute approximate surface area is 73.5 Å². The number of aromatic nitrogens is 1. The van der Waals surface area contributed by atoms with E-state index in [1.165, 1.54) is 6.20 Å². The van der Waals surface area contributed by atoms with Crippen LogP contribution >= 0.6 is 11.3 Å². The summed E-state index contributed by atoms with van der Waals surface area (Å²) >= 11 is 0.990. The van der Waals surface area contributed by atoms with Crippen LogP contribution in [0.5, 0.6) is 0 Å². The molecule has 0 atom stereocenters. The van der Waals surface area contributed by atoms with Crippen LogP contribution in [0.15, 0.2) is 6.20 Å². The summed E-state index contributed by atoms with van der Waals surface area (Å²) in [6.45, 7) is 0. The molecule has 1 heterocycles. The molecule has 0 aliphatic carbocycles. The lowest BCUT2D eigenvalue weighted by atomic mass is 10.6. The minimum Gasteiger partial charge on any atom is -0.297 e. The summed E-state index contributed by atoms with van der Waals surface area (Å²) in [6.07, 6.45) is 2.95. The molecule has 0 saturated carbocycles. The van der Waals surface area contributed by atoms with E-state index in [0.717, 1.165) is 17.6 Å². The maximum atomic E-state index is 10.7. The minimum absolute atomic E-state index is 0.208. The molecular formula is C5H6N2O3S2. The quantitative estimate of drug-likeness (QED) is 0.723. The van der Waals surface area contributed by atoms with Gasteiger partial charge in [0.1, 0.15) is 0 Å². The number of hydrogen-bond donors (Lipinski definition) is 1. The number of hydrogen-bond acceptors (Lipinski definition) is 5. The maximum Gasteiger partial charge on any atom is 0.231 e. The first kappa shape index (κ1) is 9.14. The fourth-order valence-corrected chi connectivity index (χ4v) is 2.02. The Morgan fingerprint density at radius 3 is 2.75 bits per heavy atom. The first-order valence-corrected chi connectivity index (χ1v) is 5.61. The fraction of sp³-hybridized carbons (Fsp3) is 0.200. The van der Waals surface area contributed by atoms with Crippen LogP contribution in [0.25, 0.3) is 0 Å². The molecule has 1 aromatic heterocycles. The van der Waals surface area contributed by atoms with Crippen molar-refractivity contribution >= 4 is 32.8 Å². The van der Waals surface area contributed by atoms with Gasteiger partial charge in [0.2, 0.25) is 10.0 Å². The number of nitrogens with one attached hydrogen (secondary N) is 1. The Morgan fingerprint density at radius 2 is 2.33 bits per heavy atom. The molecule has 0 amide bonds. The Kier molecular flexibility index (Phi) is 2.43. The summed E-state index contributed by atoms with van der Waals surface area (Å²) in [5.41, 5.74) is 0. The van der Waals surface area contributed by atoms with Gasteiger partial charge in [-0.3, -0.25) is 9.52 Å². The first-order chi connectivity index (χ1) is 5.51. The Hall–Kier alpha value is -0.950. The highest BCUT2D eigenvalue weighted by atomic mass is 32.2. The molecule has 0 saturated heterocycles. The van der Waals surface area contributed by atoms with Gasteiger partial charge in [0.15, 0.2) is 11.4 Å². The standard InChI is InChI=1S/C5H6N2O3S2/c1-12(9,10)7-5-6-2-4(3-8)11-5/h2-3H,1H3,(H,6,7). The van der Waals surface area contributed by atoms with Gasteiger partial charge < -0.3 is 0 Å². The van der Waals surface area contributed by atoms with Crippen LogP contribution in [0, 0.1) is 0 Å². The largest absolute Gasteiger partial charge is 0.297 e. The molecule has 0 fully saturated rings. The Balaban J connectivity index is 2.84. The average Bonchev–Trinajstić information content (AvgIpc) is 2.32. The molecule has 0 spiro atoms. The van der Waals surface area contributed by atoms with E-state index in [2.05, 4.69) is 9.71 Å². The maximum absolute atomic E-state index is 10.7. The summed E-state index contributed by atoms with van der Waals surface area (Å²) in [4.78, 5) is 14.2. The number of anilines is 1. The van der Waals surface area contributed by atoms with Crippen molar-refractivity contribution < 1.29 is 13.2 Å². The van der Waals surface area contributed by atoms with Crippen molar-refractivity contribution in [2.75, 3.05) is 11.0 Å². The first-order valence-electron chi connectivity index (χ1n) is 2.90. The molecule has 12 heavy (non-hydrogen) atoms. The molecule has 0 aliphatic heterocycles. The van der Waals surface area contributed by atoms with Gasteiger partial charge in [-0.25, -0.2) is 13.4 Å². The van der Waals surface area contributed by atoms with Crippen LogP contribution in [0.4, 0.5) is 5.13 Å². The fourth-order valence-electron chi connectivity index (χ4n) is 0.547. The highest BCUT2D eigenvalue weighted by Gasteiger charge is 2.05. The zero-order valence-corrected chi connectivity index (χ0v) is 7.78. The zero-order valence-electron chi connectivity index (χ0n) is 6.14. The molecule has 1 rings (SSSR count). The van der Waals surface area contributed by atoms with Crippen LogP contribution in [0.1, 0.15) is 9.67 Å². The third-order valence-electron chi connectivity index (χ3n) is 0.912. The second kappa shape index (κ2) is 3.20. The number of carbonyl (C=O) groups is 1. The highest BCUT2D eigenvalue weighted by Crippen LogP contribution is 2.16. The van der Waals surface area contributed by atoms with Crippen molar-refractivity contribution in [1.29, 1.82) is 0 Å². The molecule has 66 valence electrons. The summed E-state index contributed by atoms with van der Waals surface area (Å²) in [6, 6.07) is 0. The van der Waals surface area contributed by atoms with Gasteiger partial charge >= 0.3 is 0 Å². The second-order valence-corrected chi connectivity index (χ2v) is 4.87. The SMILES string of the molecule is CS(=O)(=O)Nc1ncc(C=O)s1. The van der Waals surface area contributed by atoms with Crippen LogP contribution in [0.2, 0.25) is 0 Å². The average molecular weight is 206 g/mol. The van der Waals surface area contributed by atoms with E-state index in [4.69, 9.17) is 0 Å². The van der Waals surface area contributed by atoms with Crippen LogP contribution in [-0.2, 0) is 10.0 Å². The molecular weight excluding hydrogens is 200 g/mol. The lowest BCUT2D eigenvalue weighted by Crippen LogP contribution is -2.08. The monoisotopic (exact) mass is 206 g/mol. The lowest BCUT2D eigenvalue weighted by molar-refractivity contribution is 0.112. The van der Waals surface area contributed by atoms with Gasteiger partial charge in [-0.15, -0.1) is 0 Å². The van der Waals surface area contributed by atoms with E-state index in [0.29, 0.717) is 11.2 Å². The van der Waals surface area contributed by atoms with E-state index >= 15 is 0 Å². The van der Waals surface area contributed by atoms with E-state index in [-0.39, 0.29) is 5.13 Å². The van der Waals surface area contributed by atoms with Gasteiger partial charge in [0.05, 0.1) is 17.3 Å². The molecule has 0 unspecified atom stereocenters. The Morgan fingerprint density at radius 1 is 1.67 bits per heavy atom. The predicted molar refractivity (Wildman–Crippen MR) is 46.0 cm³/mol. The van der Waals surface area contributed by atoms with Crippen molar-refractivity contribution in [3.63, 3.8) is 0 Å². The summed E-state index contributed by atoms with van der Waals surface area (Å²) in [5.74, 6) is 0. The number of aldehydes is 1. The second-order valence-electron chi connectivity index (χ2n) is 2.06. The van der Waals surface area contributed by atoms with Crippen molar-refractivity contribution in [1.82, 2.24) is 4.98 Å². The van der Waals surface area contributed by atoms with Gasteiger partial charge in [0, 0.05) is 0 Å². The van der Waals surface area contributed by atoms with Crippen LogP contribution in [0.3, 0.4) is 0 Å². The summed E-state index contributed by atoms with van der Waals surface area (Å²) in [7, 11) is -3.29. The minimum atomic E-state index is -3.29. The molecule has 1 aromatic rings. The number of rotatable bonds is 3. The summed E-state index contributed by atoms with van der Waals surface area (Å²) < 4.78 is 23.5. The van der Waals surface area contributed by atoms with Gasteiger partial charge in [0.25, 0.3) is 0 Å². The third kappa shape index (κ3) is 2.59. The van der Waals surface area contributed by atoms with Crippen LogP contribution < -0.4 is 4.72 Å². The van der Waals surface area contributed by atoms with Gasteiger partial charge in [-0.05, 0) is 0 Å². The molecule has 0 bridgehead atoms. The van der Waals surface area contributed by atoms with E-state index in [9.17, 15) is 13.2 Å². The lowest BCUT2D eigenvalue weighted by Gasteiger charge is -1.95. The molecule has 0 radical (unpaired) electrons. The zero-order chi connectivity index (χ0) is 9.19. The van der Waals surface area contributed by atoms with Crippen molar-refractivity contribution in [2.45, 2.75) is 0 Å². The van der Waals surface area contributed by atoms with E-state index in [1.54, 1.807) is 0 Å². The molecule has 5 nitrogen and oxygen atoms in total. The van der Waals surface area contributed by atoms with Crippen molar-refractivity contribution in [3.8, 4) is 0 Å². The van der Waals surface area contributed by atoms with Gasteiger partial charge in [-0.2, -0.15) is 0 Å². The number of thiazole rings is 1. The molecule has 0 aliphatic rings. The Bertz CT molecular complexity index is 381. The highest BCUT2D eigenvalue weighted by molar-refractivity contribution is 7.92. The van der Waals surface area contributed by atoms with Crippen molar-refractivity contribution in [3.05, 3.63) is 11.1 Å². The van der Waals surface area contributed by atoms with Gasteiger partial charge in [-0.1, -0.05) is 11.3 Å². The molecule has 0 aromatic carbocycles. The van der Waals surface area contributed by atoms with E-state index < -0.39 is 10.0 Å². The smallest absolute Gasteiger partial charge is 0.231 e. The topological polar surface area (TPSA) is 76.1 Å². The van der Waals surface area contributed by atoms with Crippen molar-refractivity contribution in [2.24, 2.45) is 0 Å². The molecule has 1 N–H and O–H groups in total. The third-order valence-corrected chi connectivity index (χ3v) is 2.44. The van der Waals surface area contributed by atoms with E-state index in [1.807, 2.05) is 0 Å². The predicted octanol–water partition coefficient (Wildman–Crippen LogP) is 0.327. The number of sulfonamides is 1. The number of nitrogens with zero attached hydrogens (tertiary/aromatic N) is 1. The summed E-state index contributed by atoms with van der Waals surface area (Å²) in [5, 5.41) is 0.208.